The summed E-state index contributed by atoms with van der Waals surface area (Å²) in [7, 11) is 0. The van der Waals surface area contributed by atoms with E-state index in [1.807, 2.05) is 24.4 Å². The highest BCUT2D eigenvalue weighted by Crippen LogP contribution is 2.27. The molecular formula is C19H25N6O+. The van der Waals surface area contributed by atoms with Crippen molar-refractivity contribution in [2.24, 2.45) is 0 Å². The minimum atomic E-state index is 0.442. The number of quaternary nitrogens is 1. The van der Waals surface area contributed by atoms with E-state index in [1.54, 1.807) is 12.5 Å². The predicted molar refractivity (Wildman–Crippen MR) is 95.0 cm³/mol. The summed E-state index contributed by atoms with van der Waals surface area (Å²) >= 11 is 0. The Morgan fingerprint density at radius 3 is 2.77 bits per heavy atom. The fourth-order valence-electron chi connectivity index (χ4n) is 3.80. The highest BCUT2D eigenvalue weighted by molar-refractivity contribution is 5.06. The van der Waals surface area contributed by atoms with E-state index in [9.17, 15) is 0 Å². The second kappa shape index (κ2) is 8.23. The molecule has 1 saturated carbocycles. The van der Waals surface area contributed by atoms with E-state index in [-0.39, 0.29) is 0 Å². The lowest BCUT2D eigenvalue weighted by atomic mass is 9.95. The van der Waals surface area contributed by atoms with E-state index in [0.29, 0.717) is 6.04 Å². The zero-order valence-electron chi connectivity index (χ0n) is 14.9. The Morgan fingerprint density at radius 2 is 2.00 bits per heavy atom. The Bertz CT molecular complexity index is 779. The average Bonchev–Trinajstić information content (AvgIpc) is 3.35. The molecule has 26 heavy (non-hydrogen) atoms. The van der Waals surface area contributed by atoms with Gasteiger partial charge in [-0.25, -0.2) is 4.68 Å². The van der Waals surface area contributed by atoms with Crippen molar-refractivity contribution in [3.05, 3.63) is 60.1 Å². The summed E-state index contributed by atoms with van der Waals surface area (Å²) in [6, 6.07) is 8.48. The third kappa shape index (κ3) is 4.16. The van der Waals surface area contributed by atoms with Crippen LogP contribution in [-0.2, 0) is 19.6 Å². The first-order valence-corrected chi connectivity index (χ1v) is 9.40. The molecule has 136 valence electrons. The first-order valence-electron chi connectivity index (χ1n) is 9.40. The molecule has 1 aliphatic carbocycles. The van der Waals surface area contributed by atoms with E-state index < -0.39 is 0 Å². The molecule has 0 saturated heterocycles. The molecule has 0 amide bonds. The highest BCUT2D eigenvalue weighted by atomic mass is 16.3. The van der Waals surface area contributed by atoms with Crippen LogP contribution in [0.5, 0.6) is 0 Å². The maximum Gasteiger partial charge on any atom is 0.206 e. The average molecular weight is 353 g/mol. The van der Waals surface area contributed by atoms with Crippen molar-refractivity contribution in [2.45, 2.75) is 57.8 Å². The van der Waals surface area contributed by atoms with Gasteiger partial charge >= 0.3 is 0 Å². The monoisotopic (exact) mass is 353 g/mol. The van der Waals surface area contributed by atoms with Gasteiger partial charge in [0.1, 0.15) is 19.6 Å². The van der Waals surface area contributed by atoms with Crippen LogP contribution in [-0.4, -0.2) is 25.2 Å². The topological polar surface area (TPSA) is 74.1 Å². The van der Waals surface area contributed by atoms with Gasteiger partial charge in [0, 0.05) is 18.0 Å². The standard InChI is InChI=1S/C19H24N6O/c1-2-7-17(8-3-1)25-19(21-22-23-25)15-24(14-18-9-5-11-26-18)13-16-6-4-10-20-12-16/h4-6,9-12,17H,1-3,7-8,13-15H2/p+1. The van der Waals surface area contributed by atoms with Gasteiger partial charge in [0.15, 0.2) is 5.76 Å². The third-order valence-corrected chi connectivity index (χ3v) is 5.07. The molecule has 0 radical (unpaired) electrons. The van der Waals surface area contributed by atoms with Gasteiger partial charge in [0.25, 0.3) is 0 Å². The second-order valence-corrected chi connectivity index (χ2v) is 7.05. The van der Waals surface area contributed by atoms with Crippen LogP contribution in [0, 0.1) is 0 Å². The summed E-state index contributed by atoms with van der Waals surface area (Å²) in [5.74, 6) is 1.93. The van der Waals surface area contributed by atoms with E-state index in [4.69, 9.17) is 4.42 Å². The van der Waals surface area contributed by atoms with Gasteiger partial charge in [-0.3, -0.25) is 4.98 Å². The van der Waals surface area contributed by atoms with E-state index in [0.717, 1.165) is 31.2 Å². The van der Waals surface area contributed by atoms with E-state index in [1.165, 1.54) is 42.6 Å². The largest absolute Gasteiger partial charge is 0.463 e. The second-order valence-electron chi connectivity index (χ2n) is 7.05. The van der Waals surface area contributed by atoms with Crippen LogP contribution in [0.15, 0.2) is 47.3 Å². The summed E-state index contributed by atoms with van der Waals surface area (Å²) in [5.41, 5.74) is 1.20. The molecule has 0 bridgehead atoms. The Labute approximate surface area is 153 Å². The molecule has 1 atom stereocenters. The maximum absolute atomic E-state index is 5.57. The maximum atomic E-state index is 5.57. The van der Waals surface area contributed by atoms with Crippen molar-refractivity contribution in [1.29, 1.82) is 0 Å². The zero-order valence-corrected chi connectivity index (χ0v) is 14.9. The minimum Gasteiger partial charge on any atom is -0.463 e. The van der Waals surface area contributed by atoms with Crippen molar-refractivity contribution < 1.29 is 9.32 Å². The number of hydrogen-bond acceptors (Lipinski definition) is 5. The first-order chi connectivity index (χ1) is 12.9. The number of aromatic nitrogens is 5. The van der Waals surface area contributed by atoms with Crippen molar-refractivity contribution in [3.8, 4) is 0 Å². The highest BCUT2D eigenvalue weighted by Gasteiger charge is 2.23. The fourth-order valence-corrected chi connectivity index (χ4v) is 3.80. The molecule has 1 N–H and O–H groups in total. The van der Waals surface area contributed by atoms with Crippen LogP contribution in [0.3, 0.4) is 0 Å². The number of hydrogen-bond donors (Lipinski definition) is 1. The van der Waals surface area contributed by atoms with Crippen molar-refractivity contribution in [2.75, 3.05) is 0 Å². The molecule has 3 heterocycles. The van der Waals surface area contributed by atoms with E-state index >= 15 is 0 Å². The van der Waals surface area contributed by atoms with Gasteiger partial charge < -0.3 is 9.32 Å². The van der Waals surface area contributed by atoms with Crippen LogP contribution >= 0.6 is 0 Å². The van der Waals surface area contributed by atoms with Crippen LogP contribution in [0.25, 0.3) is 0 Å². The third-order valence-electron chi connectivity index (χ3n) is 5.07. The Kier molecular flexibility index (Phi) is 5.35. The summed E-state index contributed by atoms with van der Waals surface area (Å²) in [6.45, 7) is 2.41. The lowest BCUT2D eigenvalue weighted by Gasteiger charge is -2.23. The Hall–Kier alpha value is -2.54. The molecule has 7 nitrogen and oxygen atoms in total. The van der Waals surface area contributed by atoms with Crippen LogP contribution < -0.4 is 4.90 Å². The van der Waals surface area contributed by atoms with Gasteiger partial charge in [-0.2, -0.15) is 0 Å². The van der Waals surface area contributed by atoms with Crippen molar-refractivity contribution >= 4 is 0 Å². The van der Waals surface area contributed by atoms with Gasteiger partial charge in [0.05, 0.1) is 12.3 Å². The smallest absolute Gasteiger partial charge is 0.206 e. The number of tetrazole rings is 1. The fraction of sp³-hybridized carbons (Fsp3) is 0.474. The molecule has 4 rings (SSSR count). The molecule has 0 spiro atoms. The Balaban J connectivity index is 1.51. The molecular weight excluding hydrogens is 328 g/mol. The number of nitrogens with one attached hydrogen (secondary N) is 1. The zero-order chi connectivity index (χ0) is 17.6. The number of furan rings is 1. The first kappa shape index (κ1) is 16.9. The van der Waals surface area contributed by atoms with Gasteiger partial charge in [0.2, 0.25) is 5.82 Å². The van der Waals surface area contributed by atoms with Crippen LogP contribution in [0.2, 0.25) is 0 Å². The van der Waals surface area contributed by atoms with Crippen molar-refractivity contribution in [1.82, 2.24) is 25.2 Å². The number of pyridine rings is 1. The molecule has 0 aliphatic heterocycles. The predicted octanol–water partition coefficient (Wildman–Crippen LogP) is 1.95. The molecule has 1 aliphatic rings. The molecule has 7 heteroatoms. The van der Waals surface area contributed by atoms with Gasteiger partial charge in [-0.1, -0.05) is 25.3 Å². The van der Waals surface area contributed by atoms with Crippen LogP contribution in [0.4, 0.5) is 0 Å². The molecule has 0 aromatic carbocycles. The molecule has 1 fully saturated rings. The van der Waals surface area contributed by atoms with E-state index in [2.05, 4.69) is 31.3 Å². The number of rotatable bonds is 7. The van der Waals surface area contributed by atoms with Crippen LogP contribution in [0.1, 0.15) is 55.3 Å². The van der Waals surface area contributed by atoms with Gasteiger partial charge in [-0.15, -0.1) is 5.10 Å². The normalized spacial score (nSPS) is 16.6. The summed E-state index contributed by atoms with van der Waals surface area (Å²) in [5, 5.41) is 12.6. The SMILES string of the molecule is c1cncc(C[NH+](Cc2ccco2)Cc2nnnn2C2CCCCC2)c1. The summed E-state index contributed by atoms with van der Waals surface area (Å²) < 4.78 is 7.63. The van der Waals surface area contributed by atoms with Crippen molar-refractivity contribution in [3.63, 3.8) is 0 Å². The lowest BCUT2D eigenvalue weighted by molar-refractivity contribution is -0.942. The Morgan fingerprint density at radius 1 is 1.08 bits per heavy atom. The lowest BCUT2D eigenvalue weighted by Crippen LogP contribution is -3.08. The van der Waals surface area contributed by atoms with Gasteiger partial charge in [-0.05, 0) is 41.5 Å². The number of nitrogens with zero attached hydrogens (tertiary/aromatic N) is 5. The minimum absolute atomic E-state index is 0.442. The summed E-state index contributed by atoms with van der Waals surface area (Å²) in [4.78, 5) is 5.57. The molecule has 3 aromatic rings. The molecule has 1 unspecified atom stereocenters. The summed E-state index contributed by atoms with van der Waals surface area (Å²) in [6.07, 6.45) is 11.7. The molecule has 3 aromatic heterocycles. The quantitative estimate of drug-likeness (QED) is 0.703.